The van der Waals surface area contributed by atoms with Gasteiger partial charge in [-0.25, -0.2) is 13.4 Å². The molecule has 1 aromatic carbocycles. The Kier molecular flexibility index (Phi) is 6.20. The molecule has 0 aliphatic carbocycles. The van der Waals surface area contributed by atoms with Crippen LogP contribution in [0.3, 0.4) is 0 Å². The van der Waals surface area contributed by atoms with Crippen molar-refractivity contribution < 1.29 is 13.2 Å². The molecule has 1 aromatic heterocycles. The van der Waals surface area contributed by atoms with Crippen molar-refractivity contribution in [2.24, 2.45) is 13.0 Å². The van der Waals surface area contributed by atoms with Crippen molar-refractivity contribution >= 4 is 15.9 Å². The van der Waals surface area contributed by atoms with Crippen molar-refractivity contribution in [1.82, 2.24) is 19.2 Å². The molecule has 0 atom stereocenters. The van der Waals surface area contributed by atoms with Gasteiger partial charge >= 0.3 is 0 Å². The summed E-state index contributed by atoms with van der Waals surface area (Å²) in [5, 5.41) is 3.07. The molecule has 0 bridgehead atoms. The number of rotatable bonds is 6. The Hall–Kier alpha value is -2.19. The van der Waals surface area contributed by atoms with Crippen molar-refractivity contribution in [3.8, 4) is 0 Å². The van der Waals surface area contributed by atoms with Crippen LogP contribution in [0.4, 0.5) is 0 Å². The van der Waals surface area contributed by atoms with Crippen molar-refractivity contribution in [2.45, 2.75) is 38.1 Å². The van der Waals surface area contributed by atoms with E-state index in [1.165, 1.54) is 21.6 Å². The zero-order chi connectivity index (χ0) is 20.3. The van der Waals surface area contributed by atoms with Gasteiger partial charge in [-0.3, -0.25) is 4.79 Å². The van der Waals surface area contributed by atoms with E-state index < -0.39 is 10.0 Å². The van der Waals surface area contributed by atoms with Gasteiger partial charge in [0.2, 0.25) is 5.91 Å². The average molecular weight is 405 g/mol. The van der Waals surface area contributed by atoms with Crippen LogP contribution in [0.15, 0.2) is 35.5 Å². The van der Waals surface area contributed by atoms with Crippen molar-refractivity contribution in [3.05, 3.63) is 47.4 Å². The van der Waals surface area contributed by atoms with E-state index in [0.29, 0.717) is 38.3 Å². The minimum Gasteiger partial charge on any atom is -0.356 e. The van der Waals surface area contributed by atoms with E-state index in [1.54, 1.807) is 18.5 Å². The lowest BCUT2D eigenvalue weighted by atomic mass is 9.97. The molecule has 1 aliphatic rings. The molecule has 0 spiro atoms. The highest BCUT2D eigenvalue weighted by atomic mass is 32.2. The molecule has 0 unspecified atom stereocenters. The van der Waals surface area contributed by atoms with Crippen LogP contribution in [0, 0.1) is 19.8 Å². The van der Waals surface area contributed by atoms with Crippen LogP contribution in [-0.2, 0) is 28.3 Å². The highest BCUT2D eigenvalue weighted by Gasteiger charge is 2.33. The van der Waals surface area contributed by atoms with Gasteiger partial charge in [0.1, 0.15) is 5.82 Å². The zero-order valence-corrected chi connectivity index (χ0v) is 17.5. The Morgan fingerprint density at radius 1 is 1.25 bits per heavy atom. The highest BCUT2D eigenvalue weighted by molar-refractivity contribution is 7.89. The summed E-state index contributed by atoms with van der Waals surface area (Å²) in [6, 6.07) is 8.25. The van der Waals surface area contributed by atoms with Crippen LogP contribution in [0.5, 0.6) is 0 Å². The number of hydrogen-bond donors (Lipinski definition) is 1. The number of nitrogens with zero attached hydrogens (tertiary/aromatic N) is 3. The second kappa shape index (κ2) is 8.45. The van der Waals surface area contributed by atoms with Crippen LogP contribution < -0.4 is 5.32 Å². The first-order valence-corrected chi connectivity index (χ1v) is 11.0. The van der Waals surface area contributed by atoms with Crippen LogP contribution in [-0.4, -0.2) is 47.8 Å². The number of benzene rings is 1. The van der Waals surface area contributed by atoms with Gasteiger partial charge in [-0.1, -0.05) is 29.8 Å². The Morgan fingerprint density at radius 3 is 2.57 bits per heavy atom. The number of nitrogens with one attached hydrogen (secondary N) is 1. The summed E-state index contributed by atoms with van der Waals surface area (Å²) in [5.74, 6) is 0.522. The number of aromatic nitrogens is 2. The SMILES string of the molecule is Cc1cccc(CCNC(=O)C2CCN(S(=O)(=O)c3cn(C)c(C)n3)CC2)c1. The van der Waals surface area contributed by atoms with Crippen molar-refractivity contribution in [2.75, 3.05) is 19.6 Å². The topological polar surface area (TPSA) is 84.3 Å². The van der Waals surface area contributed by atoms with Gasteiger partial charge < -0.3 is 9.88 Å². The average Bonchev–Trinajstić information content (AvgIpc) is 3.01. The molecule has 152 valence electrons. The molecule has 3 rings (SSSR count). The van der Waals surface area contributed by atoms with Crippen molar-refractivity contribution in [3.63, 3.8) is 0 Å². The van der Waals surface area contributed by atoms with Crippen LogP contribution in [0.1, 0.15) is 29.8 Å². The monoisotopic (exact) mass is 404 g/mol. The predicted octanol–water partition coefficient (Wildman–Crippen LogP) is 1.80. The number of carbonyl (C=O) groups excluding carboxylic acids is 1. The molecule has 0 radical (unpaired) electrons. The van der Waals surface area contributed by atoms with E-state index in [9.17, 15) is 13.2 Å². The summed E-state index contributed by atoms with van der Waals surface area (Å²) >= 11 is 0. The summed E-state index contributed by atoms with van der Waals surface area (Å²) in [4.78, 5) is 16.6. The standard InChI is InChI=1S/C20H28N4O3S/c1-15-5-4-6-17(13-15)7-10-21-20(25)18-8-11-24(12-9-18)28(26,27)19-14-23(3)16(2)22-19/h4-6,13-14,18H,7-12H2,1-3H3,(H,21,25). The maximum atomic E-state index is 12.7. The Labute approximate surface area is 166 Å². The molecule has 8 heteroatoms. The number of hydrogen-bond acceptors (Lipinski definition) is 4. The maximum Gasteiger partial charge on any atom is 0.262 e. The van der Waals surface area contributed by atoms with E-state index in [2.05, 4.69) is 35.4 Å². The van der Waals surface area contributed by atoms with E-state index in [0.717, 1.165) is 6.42 Å². The first kappa shape index (κ1) is 20.5. The van der Waals surface area contributed by atoms with Crippen LogP contribution >= 0.6 is 0 Å². The first-order valence-electron chi connectivity index (χ1n) is 9.61. The van der Waals surface area contributed by atoms with Crippen LogP contribution in [0.2, 0.25) is 0 Å². The lowest BCUT2D eigenvalue weighted by Crippen LogP contribution is -2.43. The fraction of sp³-hybridized carbons (Fsp3) is 0.500. The Balaban J connectivity index is 1.49. The molecule has 1 aliphatic heterocycles. The van der Waals surface area contributed by atoms with E-state index >= 15 is 0 Å². The molecule has 1 saturated heterocycles. The molecular weight excluding hydrogens is 376 g/mol. The minimum atomic E-state index is -3.60. The van der Waals surface area contributed by atoms with E-state index in [-0.39, 0.29) is 16.9 Å². The van der Waals surface area contributed by atoms with E-state index in [1.807, 2.05) is 6.07 Å². The van der Waals surface area contributed by atoms with Gasteiger partial charge in [0.05, 0.1) is 0 Å². The summed E-state index contributed by atoms with van der Waals surface area (Å²) in [5.41, 5.74) is 2.41. The third kappa shape index (κ3) is 4.62. The van der Waals surface area contributed by atoms with Crippen molar-refractivity contribution in [1.29, 1.82) is 0 Å². The molecule has 0 saturated carbocycles. The number of amides is 1. The fourth-order valence-electron chi connectivity index (χ4n) is 3.48. The Bertz CT molecular complexity index is 925. The number of imidazole rings is 1. The normalized spacial score (nSPS) is 16.2. The molecule has 2 heterocycles. The summed E-state index contributed by atoms with van der Waals surface area (Å²) < 4.78 is 28.6. The second-order valence-electron chi connectivity index (χ2n) is 7.45. The molecular formula is C20H28N4O3S. The molecule has 7 nitrogen and oxygen atoms in total. The van der Waals surface area contributed by atoms with E-state index in [4.69, 9.17) is 0 Å². The van der Waals surface area contributed by atoms with Gasteiger partial charge in [-0.05, 0) is 38.7 Å². The Morgan fingerprint density at radius 2 is 1.96 bits per heavy atom. The van der Waals surface area contributed by atoms with Gasteiger partial charge in [0, 0.05) is 38.8 Å². The van der Waals surface area contributed by atoms with Gasteiger partial charge in [-0.2, -0.15) is 4.31 Å². The summed E-state index contributed by atoms with van der Waals surface area (Å²) in [7, 11) is -1.83. The second-order valence-corrected chi connectivity index (χ2v) is 9.33. The molecule has 1 N–H and O–H groups in total. The summed E-state index contributed by atoms with van der Waals surface area (Å²) in [6.45, 7) is 5.10. The highest BCUT2D eigenvalue weighted by Crippen LogP contribution is 2.23. The molecule has 2 aromatic rings. The first-order chi connectivity index (χ1) is 13.3. The minimum absolute atomic E-state index is 0.0124. The zero-order valence-electron chi connectivity index (χ0n) is 16.7. The smallest absolute Gasteiger partial charge is 0.262 e. The van der Waals surface area contributed by atoms with Gasteiger partial charge in [-0.15, -0.1) is 0 Å². The lowest BCUT2D eigenvalue weighted by molar-refractivity contribution is -0.126. The molecule has 1 fully saturated rings. The quantitative estimate of drug-likeness (QED) is 0.796. The lowest BCUT2D eigenvalue weighted by Gasteiger charge is -2.29. The largest absolute Gasteiger partial charge is 0.356 e. The number of aryl methyl sites for hydroxylation is 3. The molecule has 1 amide bonds. The number of sulfonamides is 1. The number of carbonyl (C=O) groups is 1. The summed E-state index contributed by atoms with van der Waals surface area (Å²) in [6.07, 6.45) is 3.39. The third-order valence-corrected chi connectivity index (χ3v) is 7.08. The fourth-order valence-corrected chi connectivity index (χ4v) is 4.98. The molecule has 28 heavy (non-hydrogen) atoms. The third-order valence-electron chi connectivity index (χ3n) is 5.31. The number of piperidine rings is 1. The van der Waals surface area contributed by atoms with Gasteiger partial charge in [0.15, 0.2) is 5.03 Å². The van der Waals surface area contributed by atoms with Gasteiger partial charge in [0.25, 0.3) is 10.0 Å². The maximum absolute atomic E-state index is 12.7. The predicted molar refractivity (Wildman–Crippen MR) is 107 cm³/mol. The van der Waals surface area contributed by atoms with Crippen LogP contribution in [0.25, 0.3) is 0 Å².